The zero-order valence-electron chi connectivity index (χ0n) is 11.0. The van der Waals surface area contributed by atoms with Gasteiger partial charge in [0, 0.05) is 26.0 Å². The molecule has 7 heteroatoms. The number of anilines is 2. The van der Waals surface area contributed by atoms with Crippen LogP contribution in [0.2, 0.25) is 0 Å². The van der Waals surface area contributed by atoms with Gasteiger partial charge in [-0.2, -0.15) is 0 Å². The van der Waals surface area contributed by atoms with E-state index in [9.17, 15) is 9.59 Å². The lowest BCUT2D eigenvalue weighted by Gasteiger charge is -2.28. The Hall–Kier alpha value is -2.18. The largest absolute Gasteiger partial charge is 0.384 e. The van der Waals surface area contributed by atoms with Crippen molar-refractivity contribution in [3.05, 3.63) is 11.9 Å². The second-order valence-corrected chi connectivity index (χ2v) is 4.47. The predicted octanol–water partition coefficient (Wildman–Crippen LogP) is 0.181. The number of nitrogens with two attached hydrogens (primary N) is 1. The van der Waals surface area contributed by atoms with Crippen LogP contribution in [0.1, 0.15) is 25.6 Å². The molecule has 1 fully saturated rings. The molecule has 0 spiro atoms. The molecule has 0 aromatic carbocycles. The van der Waals surface area contributed by atoms with E-state index in [-0.39, 0.29) is 11.8 Å². The van der Waals surface area contributed by atoms with Gasteiger partial charge in [0.05, 0.1) is 0 Å². The number of aryl methyl sites for hydroxylation is 1. The van der Waals surface area contributed by atoms with Crippen molar-refractivity contribution in [2.24, 2.45) is 0 Å². The van der Waals surface area contributed by atoms with Crippen LogP contribution in [-0.4, -0.2) is 39.8 Å². The van der Waals surface area contributed by atoms with Crippen LogP contribution in [0, 0.1) is 0 Å². The summed E-state index contributed by atoms with van der Waals surface area (Å²) < 4.78 is 0. The number of aromatic nitrogens is 2. The van der Waals surface area contributed by atoms with E-state index in [1.165, 1.54) is 7.05 Å². The van der Waals surface area contributed by atoms with Crippen molar-refractivity contribution in [3.8, 4) is 0 Å². The number of carbonyl (C=O) groups is 2. The van der Waals surface area contributed by atoms with Gasteiger partial charge in [0.25, 0.3) is 5.91 Å². The molecule has 0 radical (unpaired) electrons. The molecule has 2 heterocycles. The normalized spacial score (nSPS) is 19.7. The van der Waals surface area contributed by atoms with Crippen molar-refractivity contribution in [2.75, 3.05) is 18.1 Å². The molecule has 19 heavy (non-hydrogen) atoms. The van der Waals surface area contributed by atoms with Gasteiger partial charge in [0.2, 0.25) is 5.91 Å². The molecular weight excluding hydrogens is 246 g/mol. The molecular formula is C12H17N5O2. The van der Waals surface area contributed by atoms with Crippen LogP contribution in [0.25, 0.3) is 0 Å². The molecule has 1 unspecified atom stereocenters. The predicted molar refractivity (Wildman–Crippen MR) is 70.2 cm³/mol. The summed E-state index contributed by atoms with van der Waals surface area (Å²) in [5.41, 5.74) is 5.68. The van der Waals surface area contributed by atoms with Crippen LogP contribution in [0.3, 0.4) is 0 Å². The third-order valence-corrected chi connectivity index (χ3v) is 3.08. The Balaban J connectivity index is 2.15. The summed E-state index contributed by atoms with van der Waals surface area (Å²) in [6, 6.07) is 1.14. The number of nitrogens with zero attached hydrogens (tertiary/aromatic N) is 3. The molecule has 7 nitrogen and oxygen atoms in total. The van der Waals surface area contributed by atoms with E-state index in [4.69, 9.17) is 5.73 Å². The van der Waals surface area contributed by atoms with E-state index in [2.05, 4.69) is 15.3 Å². The van der Waals surface area contributed by atoms with Crippen LogP contribution < -0.4 is 11.1 Å². The summed E-state index contributed by atoms with van der Waals surface area (Å²) in [4.78, 5) is 32.8. The number of nitrogen functional groups attached to an aromatic ring is 1. The van der Waals surface area contributed by atoms with E-state index in [0.29, 0.717) is 36.7 Å². The highest BCUT2D eigenvalue weighted by Gasteiger charge is 2.31. The molecule has 102 valence electrons. The number of rotatable bonds is 3. The Bertz CT molecular complexity index is 517. The highest BCUT2D eigenvalue weighted by Crippen LogP contribution is 2.17. The molecule has 1 aliphatic heterocycles. The lowest BCUT2D eigenvalue weighted by atomic mass is 10.0. The minimum atomic E-state index is -0.443. The van der Waals surface area contributed by atoms with Crippen molar-refractivity contribution < 1.29 is 9.59 Å². The Morgan fingerprint density at radius 3 is 2.89 bits per heavy atom. The molecule has 2 rings (SSSR count). The van der Waals surface area contributed by atoms with E-state index in [1.807, 2.05) is 6.92 Å². The number of hydrogen-bond donors (Lipinski definition) is 2. The van der Waals surface area contributed by atoms with Crippen molar-refractivity contribution in [1.29, 1.82) is 0 Å². The molecule has 1 atom stereocenters. The number of likely N-dealkylation sites (N-methyl/N-ethyl adjacent to an activating group) is 1. The first kappa shape index (κ1) is 13.3. The number of imide groups is 1. The molecule has 2 amide bonds. The number of piperidine rings is 1. The van der Waals surface area contributed by atoms with E-state index < -0.39 is 6.04 Å². The molecule has 0 bridgehead atoms. The number of likely N-dealkylation sites (tertiary alicyclic amines) is 1. The third kappa shape index (κ3) is 2.81. The van der Waals surface area contributed by atoms with E-state index in [1.54, 1.807) is 6.07 Å². The van der Waals surface area contributed by atoms with Crippen LogP contribution >= 0.6 is 0 Å². The van der Waals surface area contributed by atoms with Gasteiger partial charge in [-0.25, -0.2) is 9.97 Å². The number of hydrogen-bond acceptors (Lipinski definition) is 6. The fourth-order valence-corrected chi connectivity index (χ4v) is 1.98. The second kappa shape index (κ2) is 5.21. The lowest BCUT2D eigenvalue weighted by molar-refractivity contribution is -0.146. The first-order chi connectivity index (χ1) is 9.01. The van der Waals surface area contributed by atoms with Gasteiger partial charge in [-0.05, 0) is 6.42 Å². The van der Waals surface area contributed by atoms with Crippen molar-refractivity contribution in [2.45, 2.75) is 32.2 Å². The quantitative estimate of drug-likeness (QED) is 0.754. The Kier molecular flexibility index (Phi) is 3.64. The summed E-state index contributed by atoms with van der Waals surface area (Å²) in [7, 11) is 1.49. The van der Waals surface area contributed by atoms with E-state index in [0.717, 1.165) is 4.90 Å². The monoisotopic (exact) mass is 263 g/mol. The maximum Gasteiger partial charge on any atom is 0.251 e. The Labute approximate surface area is 111 Å². The lowest BCUT2D eigenvalue weighted by Crippen LogP contribution is -2.48. The maximum atomic E-state index is 11.9. The number of nitrogens with one attached hydrogen (secondary N) is 1. The number of carbonyl (C=O) groups excluding carboxylic acids is 2. The molecule has 1 aromatic rings. The van der Waals surface area contributed by atoms with Crippen molar-refractivity contribution in [3.63, 3.8) is 0 Å². The highest BCUT2D eigenvalue weighted by molar-refractivity contribution is 6.01. The van der Waals surface area contributed by atoms with Gasteiger partial charge in [0.15, 0.2) is 0 Å². The zero-order valence-corrected chi connectivity index (χ0v) is 11.0. The molecule has 1 aliphatic rings. The summed E-state index contributed by atoms with van der Waals surface area (Å²) in [5.74, 6) is 1.11. The topological polar surface area (TPSA) is 101 Å². The minimum absolute atomic E-state index is 0.153. The summed E-state index contributed by atoms with van der Waals surface area (Å²) >= 11 is 0. The standard InChI is InChI=1S/C12H17N5O2/c1-3-9-15-8(13)6-10(16-9)14-7-4-5-11(18)17(2)12(7)19/h6-7H,3-5H2,1-2H3,(H3,13,14,15,16). The number of amides is 2. The van der Waals surface area contributed by atoms with Crippen LogP contribution in [0.5, 0.6) is 0 Å². The first-order valence-corrected chi connectivity index (χ1v) is 6.21. The van der Waals surface area contributed by atoms with Crippen LogP contribution in [-0.2, 0) is 16.0 Å². The highest BCUT2D eigenvalue weighted by atomic mass is 16.2. The molecule has 0 aliphatic carbocycles. The smallest absolute Gasteiger partial charge is 0.251 e. The second-order valence-electron chi connectivity index (χ2n) is 4.47. The fourth-order valence-electron chi connectivity index (χ4n) is 1.98. The third-order valence-electron chi connectivity index (χ3n) is 3.08. The average Bonchev–Trinajstić information content (AvgIpc) is 2.39. The molecule has 0 saturated carbocycles. The zero-order chi connectivity index (χ0) is 14.0. The van der Waals surface area contributed by atoms with Gasteiger partial charge in [-0.3, -0.25) is 14.5 Å². The first-order valence-electron chi connectivity index (χ1n) is 6.21. The van der Waals surface area contributed by atoms with Gasteiger partial charge < -0.3 is 11.1 Å². The van der Waals surface area contributed by atoms with Gasteiger partial charge >= 0.3 is 0 Å². The Morgan fingerprint density at radius 2 is 2.21 bits per heavy atom. The SMILES string of the molecule is CCc1nc(N)cc(NC2CCC(=O)N(C)C2=O)n1. The fraction of sp³-hybridized carbons (Fsp3) is 0.500. The Morgan fingerprint density at radius 1 is 1.47 bits per heavy atom. The van der Waals surface area contributed by atoms with Crippen LogP contribution in [0.15, 0.2) is 6.07 Å². The summed E-state index contributed by atoms with van der Waals surface area (Å²) in [5, 5.41) is 3.02. The van der Waals surface area contributed by atoms with Gasteiger partial charge in [-0.15, -0.1) is 0 Å². The maximum absolute atomic E-state index is 11.9. The van der Waals surface area contributed by atoms with Crippen molar-refractivity contribution in [1.82, 2.24) is 14.9 Å². The average molecular weight is 263 g/mol. The summed E-state index contributed by atoms with van der Waals surface area (Å²) in [6.45, 7) is 1.93. The van der Waals surface area contributed by atoms with Gasteiger partial charge in [0.1, 0.15) is 23.5 Å². The van der Waals surface area contributed by atoms with Crippen LogP contribution in [0.4, 0.5) is 11.6 Å². The van der Waals surface area contributed by atoms with Gasteiger partial charge in [-0.1, -0.05) is 6.92 Å². The minimum Gasteiger partial charge on any atom is -0.384 e. The van der Waals surface area contributed by atoms with E-state index >= 15 is 0 Å². The van der Waals surface area contributed by atoms with Crippen molar-refractivity contribution >= 4 is 23.5 Å². The summed E-state index contributed by atoms with van der Waals surface area (Å²) in [6.07, 6.45) is 1.48. The molecule has 1 saturated heterocycles. The molecule has 3 N–H and O–H groups in total. The molecule has 1 aromatic heterocycles.